The zero-order valence-electron chi connectivity index (χ0n) is 7.16. The maximum Gasteiger partial charge on any atom is 0.0994 e. The summed E-state index contributed by atoms with van der Waals surface area (Å²) >= 11 is 0. The van der Waals surface area contributed by atoms with E-state index >= 15 is 0 Å². The second-order valence-electron chi connectivity index (χ2n) is 3.05. The molecule has 0 aromatic heterocycles. The van der Waals surface area contributed by atoms with Crippen LogP contribution in [0.2, 0.25) is 0 Å². The quantitative estimate of drug-likeness (QED) is 0.738. The van der Waals surface area contributed by atoms with Crippen LogP contribution in [0, 0.1) is 11.3 Å². The molecule has 1 fully saturated rings. The van der Waals surface area contributed by atoms with Crippen molar-refractivity contribution in [3.8, 4) is 6.07 Å². The normalized spacial score (nSPS) is 15.3. The van der Waals surface area contributed by atoms with Gasteiger partial charge in [-0.15, -0.1) is 12.4 Å². The molecule has 1 aromatic carbocycles. The first kappa shape index (κ1) is 10.0. The average Bonchev–Trinajstić information content (AvgIpc) is 2.02. The number of hydrogen-bond donors (Lipinski definition) is 1. The lowest BCUT2D eigenvalue weighted by atomic mass is 9.90. The van der Waals surface area contributed by atoms with Gasteiger partial charge >= 0.3 is 0 Å². The third-order valence-electron chi connectivity index (χ3n) is 2.30. The van der Waals surface area contributed by atoms with Crippen LogP contribution in [0.25, 0.3) is 0 Å². The summed E-state index contributed by atoms with van der Waals surface area (Å²) in [5, 5.41) is 12.0. The van der Waals surface area contributed by atoms with Gasteiger partial charge in [0.1, 0.15) is 0 Å². The van der Waals surface area contributed by atoms with Crippen LogP contribution in [0.3, 0.4) is 0 Å². The van der Waals surface area contributed by atoms with Gasteiger partial charge in [0.05, 0.1) is 11.6 Å². The van der Waals surface area contributed by atoms with Crippen molar-refractivity contribution < 1.29 is 0 Å². The molecule has 0 atom stereocenters. The van der Waals surface area contributed by atoms with E-state index in [1.165, 1.54) is 5.56 Å². The molecule has 3 heteroatoms. The molecule has 0 unspecified atom stereocenters. The molecule has 13 heavy (non-hydrogen) atoms. The maximum atomic E-state index is 8.82. The third kappa shape index (κ3) is 1.82. The number of rotatable bonds is 1. The van der Waals surface area contributed by atoms with E-state index in [4.69, 9.17) is 5.26 Å². The van der Waals surface area contributed by atoms with Gasteiger partial charge in [-0.1, -0.05) is 18.2 Å². The van der Waals surface area contributed by atoms with E-state index in [0.717, 1.165) is 18.7 Å². The standard InChI is InChI=1S/C10H10N2.ClH/c11-5-8-3-1-2-4-10(8)9-6-12-7-9;/h1-4,9,12H,6-7H2;1H. The van der Waals surface area contributed by atoms with Crippen molar-refractivity contribution in [1.29, 1.82) is 5.26 Å². The molecular weight excluding hydrogens is 184 g/mol. The first-order valence-corrected chi connectivity index (χ1v) is 4.11. The molecule has 0 radical (unpaired) electrons. The maximum absolute atomic E-state index is 8.82. The zero-order chi connectivity index (χ0) is 8.39. The molecule has 1 aliphatic rings. The van der Waals surface area contributed by atoms with Crippen molar-refractivity contribution in [3.05, 3.63) is 35.4 Å². The zero-order valence-corrected chi connectivity index (χ0v) is 7.97. The minimum atomic E-state index is 0. The molecule has 1 heterocycles. The summed E-state index contributed by atoms with van der Waals surface area (Å²) in [6, 6.07) is 10.1. The van der Waals surface area contributed by atoms with Gasteiger partial charge in [0.2, 0.25) is 0 Å². The van der Waals surface area contributed by atoms with Crippen LogP contribution < -0.4 is 5.32 Å². The van der Waals surface area contributed by atoms with Crippen LogP contribution in [0.1, 0.15) is 17.0 Å². The SMILES string of the molecule is Cl.N#Cc1ccccc1C1CNC1. The van der Waals surface area contributed by atoms with Crippen LogP contribution >= 0.6 is 12.4 Å². The molecule has 1 aromatic rings. The lowest BCUT2D eigenvalue weighted by Gasteiger charge is -2.28. The number of nitrogens with one attached hydrogen (secondary N) is 1. The number of hydrogen-bond acceptors (Lipinski definition) is 2. The van der Waals surface area contributed by atoms with E-state index in [1.54, 1.807) is 0 Å². The minimum Gasteiger partial charge on any atom is -0.315 e. The first-order chi connectivity index (χ1) is 5.92. The van der Waals surface area contributed by atoms with E-state index in [1.807, 2.05) is 24.3 Å². The summed E-state index contributed by atoms with van der Waals surface area (Å²) in [4.78, 5) is 0. The average molecular weight is 195 g/mol. The van der Waals surface area contributed by atoms with Crippen LogP contribution in [-0.4, -0.2) is 13.1 Å². The van der Waals surface area contributed by atoms with Crippen molar-refractivity contribution in [3.63, 3.8) is 0 Å². The Morgan fingerprint density at radius 2 is 2.00 bits per heavy atom. The molecule has 0 bridgehead atoms. The molecule has 0 aliphatic carbocycles. The molecule has 0 saturated carbocycles. The molecule has 2 nitrogen and oxygen atoms in total. The molecule has 1 aliphatic heterocycles. The van der Waals surface area contributed by atoms with Gasteiger partial charge in [0.15, 0.2) is 0 Å². The molecule has 68 valence electrons. The Bertz CT molecular complexity index is 326. The highest BCUT2D eigenvalue weighted by atomic mass is 35.5. The van der Waals surface area contributed by atoms with Crippen molar-refractivity contribution >= 4 is 12.4 Å². The van der Waals surface area contributed by atoms with E-state index in [9.17, 15) is 0 Å². The van der Waals surface area contributed by atoms with Gasteiger partial charge in [-0.2, -0.15) is 5.26 Å². The van der Waals surface area contributed by atoms with E-state index in [0.29, 0.717) is 5.92 Å². The van der Waals surface area contributed by atoms with E-state index in [2.05, 4.69) is 11.4 Å². The van der Waals surface area contributed by atoms with Crippen molar-refractivity contribution in [1.82, 2.24) is 5.32 Å². The summed E-state index contributed by atoms with van der Waals surface area (Å²) < 4.78 is 0. The highest BCUT2D eigenvalue weighted by Crippen LogP contribution is 2.22. The molecule has 1 N–H and O–H groups in total. The lowest BCUT2D eigenvalue weighted by Crippen LogP contribution is -2.40. The Labute approximate surface area is 84.0 Å². The highest BCUT2D eigenvalue weighted by Gasteiger charge is 2.20. The Morgan fingerprint density at radius 3 is 2.54 bits per heavy atom. The smallest absolute Gasteiger partial charge is 0.0994 e. The molecule has 1 saturated heterocycles. The Balaban J connectivity index is 0.000000845. The van der Waals surface area contributed by atoms with Crippen molar-refractivity contribution in [2.45, 2.75) is 5.92 Å². The predicted molar refractivity (Wildman–Crippen MR) is 54.0 cm³/mol. The van der Waals surface area contributed by atoms with Gasteiger partial charge in [-0.05, 0) is 11.6 Å². The van der Waals surface area contributed by atoms with E-state index < -0.39 is 0 Å². The highest BCUT2D eigenvalue weighted by molar-refractivity contribution is 5.85. The van der Waals surface area contributed by atoms with Crippen LogP contribution in [0.5, 0.6) is 0 Å². The number of benzene rings is 1. The van der Waals surface area contributed by atoms with Crippen molar-refractivity contribution in [2.75, 3.05) is 13.1 Å². The lowest BCUT2D eigenvalue weighted by molar-refractivity contribution is 0.448. The fraction of sp³-hybridized carbons (Fsp3) is 0.300. The monoisotopic (exact) mass is 194 g/mol. The van der Waals surface area contributed by atoms with Gasteiger partial charge in [-0.3, -0.25) is 0 Å². The van der Waals surface area contributed by atoms with Gasteiger partial charge in [0.25, 0.3) is 0 Å². The Kier molecular flexibility index (Phi) is 3.30. The van der Waals surface area contributed by atoms with Crippen LogP contribution in [0.15, 0.2) is 24.3 Å². The summed E-state index contributed by atoms with van der Waals surface area (Å²) in [5.74, 6) is 0.556. The molecule has 0 spiro atoms. The number of nitrogens with zero attached hydrogens (tertiary/aromatic N) is 1. The van der Waals surface area contributed by atoms with Gasteiger partial charge in [-0.25, -0.2) is 0 Å². The van der Waals surface area contributed by atoms with Gasteiger partial charge < -0.3 is 5.32 Å². The minimum absolute atomic E-state index is 0. The van der Waals surface area contributed by atoms with Gasteiger partial charge in [0, 0.05) is 19.0 Å². The molecular formula is C10H11ClN2. The van der Waals surface area contributed by atoms with E-state index in [-0.39, 0.29) is 12.4 Å². The summed E-state index contributed by atoms with van der Waals surface area (Å²) in [7, 11) is 0. The number of halogens is 1. The second kappa shape index (κ2) is 4.27. The second-order valence-corrected chi connectivity index (χ2v) is 3.05. The number of nitriles is 1. The Morgan fingerprint density at radius 1 is 1.31 bits per heavy atom. The van der Waals surface area contributed by atoms with Crippen LogP contribution in [0.4, 0.5) is 0 Å². The third-order valence-corrected chi connectivity index (χ3v) is 2.30. The predicted octanol–water partition coefficient (Wildman–Crippen LogP) is 1.67. The summed E-state index contributed by atoms with van der Waals surface area (Å²) in [5.41, 5.74) is 2.02. The van der Waals surface area contributed by atoms with Crippen LogP contribution in [-0.2, 0) is 0 Å². The Hall–Kier alpha value is -1.04. The topological polar surface area (TPSA) is 35.8 Å². The summed E-state index contributed by atoms with van der Waals surface area (Å²) in [6.07, 6.45) is 0. The first-order valence-electron chi connectivity index (χ1n) is 4.11. The fourth-order valence-electron chi connectivity index (χ4n) is 1.46. The fourth-order valence-corrected chi connectivity index (χ4v) is 1.46. The van der Waals surface area contributed by atoms with Crippen molar-refractivity contribution in [2.24, 2.45) is 0 Å². The summed E-state index contributed by atoms with van der Waals surface area (Å²) in [6.45, 7) is 2.03. The molecule has 2 rings (SSSR count). The molecule has 0 amide bonds. The largest absolute Gasteiger partial charge is 0.315 e.